The summed E-state index contributed by atoms with van der Waals surface area (Å²) in [6.45, 7) is 2.59. The van der Waals surface area contributed by atoms with Crippen molar-refractivity contribution in [3.05, 3.63) is 29.3 Å². The molecule has 5 atom stereocenters. The van der Waals surface area contributed by atoms with E-state index in [-0.39, 0.29) is 0 Å². The molecule has 4 aliphatic rings. The van der Waals surface area contributed by atoms with E-state index in [1.54, 1.807) is 11.1 Å². The first-order valence-electron chi connectivity index (χ1n) is 10.4. The number of methoxy groups -OCH3 is 1. The highest BCUT2D eigenvalue weighted by Gasteiger charge is 2.55. The molecule has 0 spiro atoms. The number of rotatable bonds is 3. The van der Waals surface area contributed by atoms with Crippen LogP contribution in [0.4, 0.5) is 0 Å². The van der Waals surface area contributed by atoms with E-state index in [2.05, 4.69) is 25.1 Å². The smallest absolute Gasteiger partial charge is 0.119 e. The number of hydrogen-bond donors (Lipinski definition) is 0. The van der Waals surface area contributed by atoms with Gasteiger partial charge in [-0.3, -0.25) is 0 Å². The molecule has 4 aliphatic carbocycles. The Bertz CT molecular complexity index is 631. The Morgan fingerprint density at radius 3 is 2.75 bits per heavy atom. The molecule has 1 heteroatoms. The van der Waals surface area contributed by atoms with Gasteiger partial charge >= 0.3 is 0 Å². The molecule has 0 aromatic heterocycles. The Morgan fingerprint density at radius 1 is 1.08 bits per heavy atom. The number of benzene rings is 1. The second-order valence-electron chi connectivity index (χ2n) is 9.30. The van der Waals surface area contributed by atoms with E-state index in [0.29, 0.717) is 5.41 Å². The minimum absolute atomic E-state index is 0.491. The third-order valence-electron chi connectivity index (χ3n) is 8.44. The predicted octanol–water partition coefficient (Wildman–Crippen LogP) is 5.75. The van der Waals surface area contributed by atoms with Gasteiger partial charge in [0.25, 0.3) is 0 Å². The molecule has 5 rings (SSSR count). The molecule has 3 fully saturated rings. The lowest BCUT2D eigenvalue weighted by Gasteiger charge is -2.59. The van der Waals surface area contributed by atoms with Gasteiger partial charge in [-0.1, -0.05) is 25.8 Å². The first kappa shape index (κ1) is 15.3. The lowest BCUT2D eigenvalue weighted by atomic mass is 9.45. The van der Waals surface area contributed by atoms with Gasteiger partial charge in [0, 0.05) is 0 Å². The van der Waals surface area contributed by atoms with Gasteiger partial charge in [-0.15, -0.1) is 0 Å². The highest BCUT2D eigenvalue weighted by atomic mass is 16.5. The van der Waals surface area contributed by atoms with Gasteiger partial charge in [0.1, 0.15) is 5.75 Å². The maximum Gasteiger partial charge on any atom is 0.119 e. The van der Waals surface area contributed by atoms with E-state index in [0.717, 1.165) is 35.3 Å². The van der Waals surface area contributed by atoms with Crippen molar-refractivity contribution in [1.29, 1.82) is 0 Å². The van der Waals surface area contributed by atoms with Crippen molar-refractivity contribution in [2.45, 2.75) is 70.1 Å². The normalized spacial score (nSPS) is 38.8. The predicted molar refractivity (Wildman–Crippen MR) is 98.4 cm³/mol. The van der Waals surface area contributed by atoms with Crippen LogP contribution in [0.2, 0.25) is 0 Å². The highest BCUT2D eigenvalue weighted by molar-refractivity contribution is 5.45. The first-order chi connectivity index (χ1) is 11.7. The molecule has 3 saturated carbocycles. The number of fused-ring (bicyclic) bond motifs is 1. The summed E-state index contributed by atoms with van der Waals surface area (Å²) >= 11 is 0. The molecule has 0 amide bonds. The van der Waals surface area contributed by atoms with E-state index in [1.807, 2.05) is 7.11 Å². The van der Waals surface area contributed by atoms with Crippen LogP contribution in [-0.4, -0.2) is 7.11 Å². The molecular formula is C23H32O. The SMILES string of the molecule is COc1ccc2c(c1)[C@@]13CCCCC1[C@@H](C2)C(C(C)C1CC1)CC3. The lowest BCUT2D eigenvalue weighted by molar-refractivity contribution is -0.0120. The summed E-state index contributed by atoms with van der Waals surface area (Å²) in [6, 6.07) is 7.01. The summed E-state index contributed by atoms with van der Waals surface area (Å²) in [5.41, 5.74) is 3.83. The molecule has 1 aromatic carbocycles. The molecule has 130 valence electrons. The molecule has 0 N–H and O–H groups in total. The van der Waals surface area contributed by atoms with Crippen molar-refractivity contribution in [2.24, 2.45) is 29.6 Å². The minimum Gasteiger partial charge on any atom is -0.497 e. The average molecular weight is 325 g/mol. The Balaban J connectivity index is 1.58. The molecule has 2 bridgehead atoms. The molecule has 3 unspecified atom stereocenters. The topological polar surface area (TPSA) is 9.23 Å². The van der Waals surface area contributed by atoms with Crippen LogP contribution in [0.5, 0.6) is 5.75 Å². The van der Waals surface area contributed by atoms with Gasteiger partial charge in [0.15, 0.2) is 0 Å². The molecule has 1 nitrogen and oxygen atoms in total. The van der Waals surface area contributed by atoms with Crippen molar-refractivity contribution >= 4 is 0 Å². The summed E-state index contributed by atoms with van der Waals surface area (Å²) in [6.07, 6.45) is 13.1. The van der Waals surface area contributed by atoms with E-state index < -0.39 is 0 Å². The first-order valence-corrected chi connectivity index (χ1v) is 10.4. The summed E-state index contributed by atoms with van der Waals surface area (Å²) in [5, 5.41) is 0. The molecule has 0 radical (unpaired) electrons. The Labute approximate surface area is 147 Å². The second kappa shape index (κ2) is 5.51. The largest absolute Gasteiger partial charge is 0.497 e. The summed E-state index contributed by atoms with van der Waals surface area (Å²) in [7, 11) is 1.82. The van der Waals surface area contributed by atoms with E-state index in [9.17, 15) is 0 Å². The van der Waals surface area contributed by atoms with E-state index in [4.69, 9.17) is 4.74 Å². The van der Waals surface area contributed by atoms with Crippen LogP contribution < -0.4 is 4.74 Å². The standard InChI is InChI=1S/C23H32O/c1-15(16-6-7-16)19-10-12-23-11-4-3-5-21(23)20(19)13-17-8-9-18(24-2)14-22(17)23/h8-9,14-16,19-21H,3-7,10-13H2,1-2H3/t15?,19?,20-,21?,23+/m0/s1. The summed E-state index contributed by atoms with van der Waals surface area (Å²) in [4.78, 5) is 0. The van der Waals surface area contributed by atoms with Crippen molar-refractivity contribution in [3.8, 4) is 5.75 Å². The summed E-state index contributed by atoms with van der Waals surface area (Å²) in [5.74, 6) is 5.99. The van der Waals surface area contributed by atoms with Gasteiger partial charge in [0.2, 0.25) is 0 Å². The fourth-order valence-electron chi connectivity index (χ4n) is 7.10. The van der Waals surface area contributed by atoms with Crippen LogP contribution in [0, 0.1) is 29.6 Å². The fraction of sp³-hybridized carbons (Fsp3) is 0.739. The van der Waals surface area contributed by atoms with Gasteiger partial charge in [-0.05, 0) is 103 Å². The average Bonchev–Trinajstić information content (AvgIpc) is 3.46. The van der Waals surface area contributed by atoms with Crippen LogP contribution in [0.3, 0.4) is 0 Å². The van der Waals surface area contributed by atoms with Crippen molar-refractivity contribution < 1.29 is 4.74 Å². The zero-order valence-corrected chi connectivity index (χ0v) is 15.4. The van der Waals surface area contributed by atoms with Crippen LogP contribution >= 0.6 is 0 Å². The zero-order valence-electron chi connectivity index (χ0n) is 15.4. The van der Waals surface area contributed by atoms with Gasteiger partial charge in [-0.2, -0.15) is 0 Å². The van der Waals surface area contributed by atoms with Gasteiger partial charge in [-0.25, -0.2) is 0 Å². The van der Waals surface area contributed by atoms with E-state index >= 15 is 0 Å². The highest BCUT2D eigenvalue weighted by Crippen LogP contribution is 2.62. The monoisotopic (exact) mass is 324 g/mol. The Kier molecular flexibility index (Phi) is 3.51. The molecule has 24 heavy (non-hydrogen) atoms. The molecular weight excluding hydrogens is 292 g/mol. The van der Waals surface area contributed by atoms with Crippen LogP contribution in [-0.2, 0) is 11.8 Å². The lowest BCUT2D eigenvalue weighted by Crippen LogP contribution is -2.53. The quantitative estimate of drug-likeness (QED) is 0.687. The van der Waals surface area contributed by atoms with Crippen molar-refractivity contribution in [3.63, 3.8) is 0 Å². The molecule has 1 aromatic rings. The minimum atomic E-state index is 0.491. The Morgan fingerprint density at radius 2 is 1.96 bits per heavy atom. The third-order valence-corrected chi connectivity index (χ3v) is 8.44. The summed E-state index contributed by atoms with van der Waals surface area (Å²) < 4.78 is 5.59. The second-order valence-corrected chi connectivity index (χ2v) is 9.30. The number of ether oxygens (including phenoxy) is 1. The van der Waals surface area contributed by atoms with Gasteiger partial charge in [0.05, 0.1) is 7.11 Å². The van der Waals surface area contributed by atoms with E-state index in [1.165, 1.54) is 57.8 Å². The van der Waals surface area contributed by atoms with Crippen LogP contribution in [0.25, 0.3) is 0 Å². The van der Waals surface area contributed by atoms with Crippen molar-refractivity contribution in [2.75, 3.05) is 7.11 Å². The van der Waals surface area contributed by atoms with Gasteiger partial charge < -0.3 is 4.74 Å². The molecule has 0 aliphatic heterocycles. The maximum atomic E-state index is 5.59. The van der Waals surface area contributed by atoms with Crippen LogP contribution in [0.15, 0.2) is 18.2 Å². The fourth-order valence-corrected chi connectivity index (χ4v) is 7.10. The molecule has 0 saturated heterocycles. The maximum absolute atomic E-state index is 5.59. The number of hydrogen-bond acceptors (Lipinski definition) is 1. The Hall–Kier alpha value is -0.980. The zero-order chi connectivity index (χ0) is 16.3. The third kappa shape index (κ3) is 2.12. The van der Waals surface area contributed by atoms with Crippen molar-refractivity contribution in [1.82, 2.24) is 0 Å². The molecule has 0 heterocycles. The van der Waals surface area contributed by atoms with Crippen LogP contribution in [0.1, 0.15) is 69.4 Å².